The normalized spacial score (nSPS) is 10.6. The molecule has 0 saturated carbocycles. The van der Waals surface area contributed by atoms with E-state index < -0.39 is 0 Å². The standard InChI is InChI=1S/C7H11NO/c1-5(2)6-3-7(8)9-4-6/h3-5H,8H2,1-2H3. The third-order valence-corrected chi connectivity index (χ3v) is 1.31. The molecule has 0 aliphatic carbocycles. The van der Waals surface area contributed by atoms with Gasteiger partial charge in [-0.1, -0.05) is 13.8 Å². The second-order valence-corrected chi connectivity index (χ2v) is 2.44. The van der Waals surface area contributed by atoms with Crippen molar-refractivity contribution in [2.24, 2.45) is 0 Å². The summed E-state index contributed by atoms with van der Waals surface area (Å²) in [5.41, 5.74) is 6.51. The van der Waals surface area contributed by atoms with E-state index in [9.17, 15) is 0 Å². The summed E-state index contributed by atoms with van der Waals surface area (Å²) in [5, 5.41) is 0. The van der Waals surface area contributed by atoms with Gasteiger partial charge in [0.25, 0.3) is 0 Å². The first-order valence-electron chi connectivity index (χ1n) is 3.04. The Kier molecular flexibility index (Phi) is 1.47. The van der Waals surface area contributed by atoms with Crippen LogP contribution >= 0.6 is 0 Å². The maximum Gasteiger partial charge on any atom is 0.190 e. The Hall–Kier alpha value is -0.920. The predicted octanol–water partition coefficient (Wildman–Crippen LogP) is 1.99. The van der Waals surface area contributed by atoms with Gasteiger partial charge in [0.2, 0.25) is 0 Å². The molecule has 0 fully saturated rings. The number of nitrogen functional groups attached to an aromatic ring is 1. The van der Waals surface area contributed by atoms with E-state index in [4.69, 9.17) is 10.2 Å². The van der Waals surface area contributed by atoms with Crippen LogP contribution in [0.15, 0.2) is 16.7 Å². The molecule has 1 aromatic heterocycles. The molecule has 0 spiro atoms. The highest BCUT2D eigenvalue weighted by molar-refractivity contribution is 5.30. The van der Waals surface area contributed by atoms with Crippen LogP contribution in [0.1, 0.15) is 25.3 Å². The lowest BCUT2D eigenvalue weighted by molar-refractivity contribution is 0.581. The summed E-state index contributed by atoms with van der Waals surface area (Å²) < 4.78 is 4.90. The fraction of sp³-hybridized carbons (Fsp3) is 0.429. The first kappa shape index (κ1) is 6.20. The van der Waals surface area contributed by atoms with Gasteiger partial charge >= 0.3 is 0 Å². The van der Waals surface area contributed by atoms with Crippen LogP contribution in [0.5, 0.6) is 0 Å². The number of rotatable bonds is 1. The third kappa shape index (κ3) is 1.25. The number of anilines is 1. The fourth-order valence-corrected chi connectivity index (χ4v) is 0.671. The lowest BCUT2D eigenvalue weighted by Crippen LogP contribution is -1.81. The third-order valence-electron chi connectivity index (χ3n) is 1.31. The number of hydrogen-bond donors (Lipinski definition) is 1. The minimum Gasteiger partial charge on any atom is -0.449 e. The second kappa shape index (κ2) is 2.13. The van der Waals surface area contributed by atoms with E-state index >= 15 is 0 Å². The predicted molar refractivity (Wildman–Crippen MR) is 37.2 cm³/mol. The quantitative estimate of drug-likeness (QED) is 0.623. The molecule has 2 N–H and O–H groups in total. The van der Waals surface area contributed by atoms with Crippen molar-refractivity contribution in [3.8, 4) is 0 Å². The molecule has 2 nitrogen and oxygen atoms in total. The molecule has 0 aromatic carbocycles. The highest BCUT2D eigenvalue weighted by atomic mass is 16.3. The second-order valence-electron chi connectivity index (χ2n) is 2.44. The molecule has 0 saturated heterocycles. The molecule has 2 heteroatoms. The van der Waals surface area contributed by atoms with Gasteiger partial charge < -0.3 is 10.2 Å². The average Bonchev–Trinajstić information content (AvgIpc) is 2.14. The Bertz CT molecular complexity index is 191. The maximum atomic E-state index is 5.35. The SMILES string of the molecule is CC(C)c1coc(N)c1. The Balaban J connectivity index is 2.85. The van der Waals surface area contributed by atoms with Gasteiger partial charge in [-0.3, -0.25) is 0 Å². The average molecular weight is 125 g/mol. The van der Waals surface area contributed by atoms with Crippen LogP contribution in [0.3, 0.4) is 0 Å². The van der Waals surface area contributed by atoms with Crippen molar-refractivity contribution in [3.63, 3.8) is 0 Å². The number of nitrogens with two attached hydrogens (primary N) is 1. The zero-order chi connectivity index (χ0) is 6.85. The first-order valence-corrected chi connectivity index (χ1v) is 3.04. The van der Waals surface area contributed by atoms with Crippen molar-refractivity contribution >= 4 is 5.88 Å². The monoisotopic (exact) mass is 125 g/mol. The van der Waals surface area contributed by atoms with Gasteiger partial charge in [-0.05, 0) is 11.5 Å². The van der Waals surface area contributed by atoms with Crippen molar-refractivity contribution in [2.45, 2.75) is 19.8 Å². The van der Waals surface area contributed by atoms with Crippen LogP contribution in [-0.4, -0.2) is 0 Å². The molecule has 1 rings (SSSR count). The molecule has 0 radical (unpaired) electrons. The minimum atomic E-state index is 0.499. The molecule has 0 aliphatic heterocycles. The van der Waals surface area contributed by atoms with Gasteiger partial charge in [0.1, 0.15) is 0 Å². The van der Waals surface area contributed by atoms with Crippen LogP contribution in [0.2, 0.25) is 0 Å². The zero-order valence-electron chi connectivity index (χ0n) is 5.72. The smallest absolute Gasteiger partial charge is 0.190 e. The highest BCUT2D eigenvalue weighted by Crippen LogP contribution is 2.17. The van der Waals surface area contributed by atoms with Gasteiger partial charge in [0.15, 0.2) is 5.88 Å². The molecule has 0 bridgehead atoms. The highest BCUT2D eigenvalue weighted by Gasteiger charge is 2.00. The van der Waals surface area contributed by atoms with E-state index in [1.54, 1.807) is 6.26 Å². The summed E-state index contributed by atoms with van der Waals surface area (Å²) in [5.74, 6) is 1.00. The molecule has 50 valence electrons. The largest absolute Gasteiger partial charge is 0.449 e. The van der Waals surface area contributed by atoms with E-state index in [2.05, 4.69) is 13.8 Å². The van der Waals surface area contributed by atoms with Crippen LogP contribution in [0, 0.1) is 0 Å². The molecule has 1 heterocycles. The van der Waals surface area contributed by atoms with Crippen LogP contribution in [-0.2, 0) is 0 Å². The van der Waals surface area contributed by atoms with Crippen molar-refractivity contribution in [1.29, 1.82) is 0 Å². The Morgan fingerprint density at radius 1 is 1.56 bits per heavy atom. The van der Waals surface area contributed by atoms with Gasteiger partial charge in [0.05, 0.1) is 6.26 Å². The van der Waals surface area contributed by atoms with E-state index in [0.717, 1.165) is 5.56 Å². The summed E-state index contributed by atoms with van der Waals surface area (Å²) in [6, 6.07) is 1.85. The molecule has 9 heavy (non-hydrogen) atoms. The van der Waals surface area contributed by atoms with Gasteiger partial charge in [-0.2, -0.15) is 0 Å². The Morgan fingerprint density at radius 3 is 2.44 bits per heavy atom. The van der Waals surface area contributed by atoms with E-state index in [-0.39, 0.29) is 0 Å². The van der Waals surface area contributed by atoms with Crippen molar-refractivity contribution in [2.75, 3.05) is 5.73 Å². The fourth-order valence-electron chi connectivity index (χ4n) is 0.671. The number of hydrogen-bond acceptors (Lipinski definition) is 2. The van der Waals surface area contributed by atoms with E-state index in [1.165, 1.54) is 0 Å². The topological polar surface area (TPSA) is 39.2 Å². The van der Waals surface area contributed by atoms with Crippen molar-refractivity contribution in [1.82, 2.24) is 0 Å². The van der Waals surface area contributed by atoms with Crippen LogP contribution in [0.25, 0.3) is 0 Å². The van der Waals surface area contributed by atoms with Crippen LogP contribution in [0.4, 0.5) is 5.88 Å². The lowest BCUT2D eigenvalue weighted by atomic mass is 10.1. The minimum absolute atomic E-state index is 0.499. The van der Waals surface area contributed by atoms with Gasteiger partial charge in [0, 0.05) is 6.07 Å². The van der Waals surface area contributed by atoms with Gasteiger partial charge in [-0.15, -0.1) is 0 Å². The lowest BCUT2D eigenvalue weighted by Gasteiger charge is -1.94. The van der Waals surface area contributed by atoms with Gasteiger partial charge in [-0.25, -0.2) is 0 Å². The summed E-state index contributed by atoms with van der Waals surface area (Å²) in [4.78, 5) is 0. The summed E-state index contributed by atoms with van der Waals surface area (Å²) in [6.45, 7) is 4.20. The molecular formula is C7H11NO. The van der Waals surface area contributed by atoms with Crippen molar-refractivity contribution < 1.29 is 4.42 Å². The zero-order valence-corrected chi connectivity index (χ0v) is 5.72. The summed E-state index contributed by atoms with van der Waals surface area (Å²) in [7, 11) is 0. The van der Waals surface area contributed by atoms with E-state index in [1.807, 2.05) is 6.07 Å². The summed E-state index contributed by atoms with van der Waals surface area (Å²) in [6.07, 6.45) is 1.69. The van der Waals surface area contributed by atoms with E-state index in [0.29, 0.717) is 11.8 Å². The Labute approximate surface area is 54.7 Å². The molecular weight excluding hydrogens is 114 g/mol. The maximum absolute atomic E-state index is 5.35. The van der Waals surface area contributed by atoms with Crippen molar-refractivity contribution in [3.05, 3.63) is 17.9 Å². The Morgan fingerprint density at radius 2 is 2.22 bits per heavy atom. The van der Waals surface area contributed by atoms with Crippen LogP contribution < -0.4 is 5.73 Å². The first-order chi connectivity index (χ1) is 4.20. The summed E-state index contributed by atoms with van der Waals surface area (Å²) >= 11 is 0. The molecule has 0 amide bonds. The molecule has 1 aromatic rings. The molecule has 0 unspecified atom stereocenters. The molecule has 0 atom stereocenters. The molecule has 0 aliphatic rings. The number of furan rings is 1.